The highest BCUT2D eigenvalue weighted by molar-refractivity contribution is 8.29. The molecule has 1 heterocycles. The Bertz CT molecular complexity index is 1080. The molecule has 0 bridgehead atoms. The Morgan fingerprint density at radius 3 is 1.23 bits per heavy atom. The van der Waals surface area contributed by atoms with Gasteiger partial charge in [-0.25, -0.2) is 0 Å². The molecule has 1 aromatic heterocycles. The number of imidazole rings is 1. The number of para-hydroxylation sites is 2. The maximum absolute atomic E-state index is 6.99. The Hall–Kier alpha value is -1.37. The molecule has 1 unspecified atom stereocenters. The summed E-state index contributed by atoms with van der Waals surface area (Å²) < 4.78 is 7.00. The SMILES string of the molecule is CC(C)c1cccc(C(C)C)c1-n1ccn(-c2c(C(C)C)cccc2C(C)C)c1=PP(Cl)N(C)C. The minimum absolute atomic E-state index is 0.421. The van der Waals surface area contributed by atoms with Crippen LogP contribution in [0, 0.1) is 5.20 Å². The maximum Gasteiger partial charge on any atom is 0.152 e. The first-order valence-corrected chi connectivity index (χ1v) is 16.5. The van der Waals surface area contributed by atoms with Crippen LogP contribution in [0.5, 0.6) is 0 Å². The van der Waals surface area contributed by atoms with E-state index in [0.717, 1.165) is 7.89 Å². The number of halogens is 1. The van der Waals surface area contributed by atoms with Crippen LogP contribution in [0.2, 0.25) is 0 Å². The molecule has 3 aromatic rings. The molecule has 0 aliphatic carbocycles. The summed E-state index contributed by atoms with van der Waals surface area (Å²) >= 11 is 6.99. The van der Waals surface area contributed by atoms with E-state index in [4.69, 9.17) is 11.2 Å². The molecule has 35 heavy (non-hydrogen) atoms. The van der Waals surface area contributed by atoms with E-state index in [1.54, 1.807) is 0 Å². The third-order valence-electron chi connectivity index (χ3n) is 6.46. The van der Waals surface area contributed by atoms with E-state index in [2.05, 4.69) is 132 Å². The second kappa shape index (κ2) is 11.8. The maximum atomic E-state index is 6.99. The topological polar surface area (TPSA) is 13.1 Å². The Morgan fingerprint density at radius 2 is 0.971 bits per heavy atom. The van der Waals surface area contributed by atoms with E-state index < -0.39 is 7.11 Å². The third-order valence-corrected chi connectivity index (χ3v) is 11.6. The Balaban J connectivity index is 2.51. The van der Waals surface area contributed by atoms with Crippen molar-refractivity contribution in [2.75, 3.05) is 14.1 Å². The van der Waals surface area contributed by atoms with Gasteiger partial charge < -0.3 is 0 Å². The molecular formula is C29H42ClN3P2. The van der Waals surface area contributed by atoms with Crippen LogP contribution >= 0.6 is 26.2 Å². The molecule has 0 spiro atoms. The smallest absolute Gasteiger partial charge is 0.152 e. The number of rotatable bonds is 8. The molecule has 0 N–H and O–H groups in total. The zero-order valence-electron chi connectivity index (χ0n) is 23.0. The van der Waals surface area contributed by atoms with Crippen LogP contribution in [-0.2, 0) is 0 Å². The molecule has 190 valence electrons. The predicted molar refractivity (Wildman–Crippen MR) is 158 cm³/mol. The molecule has 6 heteroatoms. The fourth-order valence-electron chi connectivity index (χ4n) is 4.57. The van der Waals surface area contributed by atoms with Gasteiger partial charge in [0, 0.05) is 20.3 Å². The van der Waals surface area contributed by atoms with E-state index in [-0.39, 0.29) is 0 Å². The van der Waals surface area contributed by atoms with Gasteiger partial charge in [0.1, 0.15) is 7.11 Å². The number of nitrogens with zero attached hydrogens (tertiary/aromatic N) is 3. The number of benzene rings is 2. The fourth-order valence-corrected chi connectivity index (χ4v) is 7.59. The second-order valence-electron chi connectivity index (χ2n) is 10.7. The third kappa shape index (κ3) is 5.97. The van der Waals surface area contributed by atoms with Crippen molar-refractivity contribution < 1.29 is 0 Å². The van der Waals surface area contributed by atoms with Crippen molar-refractivity contribution >= 4 is 26.2 Å². The van der Waals surface area contributed by atoms with Crippen molar-refractivity contribution in [2.24, 2.45) is 0 Å². The summed E-state index contributed by atoms with van der Waals surface area (Å²) in [4.78, 5) is 0. The number of aromatic nitrogens is 2. The van der Waals surface area contributed by atoms with Gasteiger partial charge in [-0.1, -0.05) is 103 Å². The van der Waals surface area contributed by atoms with Crippen LogP contribution in [0.3, 0.4) is 0 Å². The van der Waals surface area contributed by atoms with E-state index in [0.29, 0.717) is 23.7 Å². The van der Waals surface area contributed by atoms with Crippen LogP contribution in [0.1, 0.15) is 101 Å². The van der Waals surface area contributed by atoms with Crippen LogP contribution in [0.25, 0.3) is 11.4 Å². The summed E-state index contributed by atoms with van der Waals surface area (Å²) in [5.41, 5.74) is 8.12. The lowest BCUT2D eigenvalue weighted by atomic mass is 9.92. The highest BCUT2D eigenvalue weighted by Crippen LogP contribution is 2.57. The number of hydrogen-bond acceptors (Lipinski definition) is 1. The molecule has 3 nitrogen and oxygen atoms in total. The van der Waals surface area contributed by atoms with Gasteiger partial charge in [-0.15, -0.1) is 0 Å². The fraction of sp³-hybridized carbons (Fsp3) is 0.483. The van der Waals surface area contributed by atoms with Crippen LogP contribution in [0.15, 0.2) is 48.8 Å². The average molecular weight is 530 g/mol. The number of hydrogen-bond donors (Lipinski definition) is 0. The molecule has 0 amide bonds. The lowest BCUT2D eigenvalue weighted by Gasteiger charge is -2.23. The van der Waals surface area contributed by atoms with Gasteiger partial charge >= 0.3 is 0 Å². The normalized spacial score (nSPS) is 13.3. The molecule has 3 rings (SSSR count). The van der Waals surface area contributed by atoms with E-state index >= 15 is 0 Å². The van der Waals surface area contributed by atoms with Crippen LogP contribution < -0.4 is 0 Å². The van der Waals surface area contributed by atoms with E-state index in [1.165, 1.54) is 38.8 Å². The van der Waals surface area contributed by atoms with Crippen molar-refractivity contribution in [2.45, 2.75) is 79.1 Å². The standard InChI is InChI=1S/C29H42ClN3P2/c1-19(2)23-13-11-14-24(20(3)4)27(23)32-17-18-33(29(32)34-35(30)31(9)10)28-25(21(5)6)15-12-16-26(28)22(7)8/h11-22H,1-10H3. The van der Waals surface area contributed by atoms with E-state index in [9.17, 15) is 0 Å². The summed E-state index contributed by atoms with van der Waals surface area (Å²) in [6, 6.07) is 13.6. The van der Waals surface area contributed by atoms with Crippen molar-refractivity contribution in [1.29, 1.82) is 0 Å². The van der Waals surface area contributed by atoms with Gasteiger partial charge in [0.15, 0.2) is 5.20 Å². The lowest BCUT2D eigenvalue weighted by molar-refractivity contribution is 0.696. The van der Waals surface area contributed by atoms with Gasteiger partial charge in [0.2, 0.25) is 0 Å². The highest BCUT2D eigenvalue weighted by Gasteiger charge is 2.21. The van der Waals surface area contributed by atoms with Gasteiger partial charge in [-0.2, -0.15) is 0 Å². The monoisotopic (exact) mass is 529 g/mol. The average Bonchev–Trinajstić information content (AvgIpc) is 3.20. The van der Waals surface area contributed by atoms with Crippen LogP contribution in [0.4, 0.5) is 0 Å². The van der Waals surface area contributed by atoms with Gasteiger partial charge in [0.05, 0.1) is 11.4 Å². The largest absolute Gasteiger partial charge is 0.297 e. The zero-order chi connectivity index (χ0) is 26.0. The Kier molecular flexibility index (Phi) is 9.50. The molecule has 0 aliphatic heterocycles. The summed E-state index contributed by atoms with van der Waals surface area (Å²) in [5.74, 6) is 1.68. The van der Waals surface area contributed by atoms with Crippen molar-refractivity contribution in [3.63, 3.8) is 0 Å². The molecule has 1 atom stereocenters. The first kappa shape index (κ1) is 28.2. The van der Waals surface area contributed by atoms with Gasteiger partial charge in [-0.05, 0) is 60.0 Å². The summed E-state index contributed by atoms with van der Waals surface area (Å²) in [7, 11) is 4.40. The first-order valence-electron chi connectivity index (χ1n) is 12.7. The summed E-state index contributed by atoms with van der Waals surface area (Å²) in [6.45, 7) is 18.3. The molecule has 0 aliphatic rings. The molecule has 2 aromatic carbocycles. The van der Waals surface area contributed by atoms with Crippen LogP contribution in [-0.4, -0.2) is 27.9 Å². The first-order chi connectivity index (χ1) is 16.5. The highest BCUT2D eigenvalue weighted by atomic mass is 35.7. The minimum atomic E-state index is -0.867. The van der Waals surface area contributed by atoms with E-state index in [1.807, 2.05) is 0 Å². The van der Waals surface area contributed by atoms with Crippen molar-refractivity contribution in [3.8, 4) is 11.4 Å². The summed E-state index contributed by atoms with van der Waals surface area (Å²) in [6.07, 6.45) is 4.51. The predicted octanol–water partition coefficient (Wildman–Crippen LogP) is 10.3. The minimum Gasteiger partial charge on any atom is -0.297 e. The van der Waals surface area contributed by atoms with Gasteiger partial charge in [-0.3, -0.25) is 13.8 Å². The van der Waals surface area contributed by atoms with Crippen molar-refractivity contribution in [3.05, 3.63) is 76.2 Å². The molecule has 0 radical (unpaired) electrons. The summed E-state index contributed by atoms with van der Waals surface area (Å²) in [5, 5.41) is 1.21. The molecule has 0 saturated carbocycles. The second-order valence-corrected chi connectivity index (χ2v) is 16.0. The Labute approximate surface area is 220 Å². The lowest BCUT2D eigenvalue weighted by Crippen LogP contribution is -2.10. The quantitative estimate of drug-likeness (QED) is 0.264. The Morgan fingerprint density at radius 1 is 0.657 bits per heavy atom. The zero-order valence-corrected chi connectivity index (χ0v) is 25.6. The molecule has 0 fully saturated rings. The molecular weight excluding hydrogens is 488 g/mol. The van der Waals surface area contributed by atoms with Gasteiger partial charge in [0.25, 0.3) is 0 Å². The van der Waals surface area contributed by atoms with Crippen molar-refractivity contribution in [1.82, 2.24) is 13.8 Å². The molecule has 0 saturated heterocycles.